The van der Waals surface area contributed by atoms with E-state index in [1.54, 1.807) is 0 Å². The summed E-state index contributed by atoms with van der Waals surface area (Å²) < 4.78 is 10.1. The van der Waals surface area contributed by atoms with Crippen molar-refractivity contribution in [1.29, 1.82) is 0 Å². The predicted molar refractivity (Wildman–Crippen MR) is 91.6 cm³/mol. The molecule has 0 aliphatic carbocycles. The van der Waals surface area contributed by atoms with Gasteiger partial charge in [0, 0.05) is 0 Å². The fraction of sp³-hybridized carbons (Fsp3) is 0.824. The molecule has 24 heavy (non-hydrogen) atoms. The lowest BCUT2D eigenvalue weighted by Crippen LogP contribution is -2.52. The van der Waals surface area contributed by atoms with Crippen molar-refractivity contribution in [3.63, 3.8) is 0 Å². The van der Waals surface area contributed by atoms with Gasteiger partial charge in [-0.2, -0.15) is 0 Å². The molecule has 0 heterocycles. The molecule has 0 aromatic rings. The highest BCUT2D eigenvalue weighted by molar-refractivity contribution is 5.89. The summed E-state index contributed by atoms with van der Waals surface area (Å²) in [6, 6.07) is -1.42. The normalized spacial score (nSPS) is 12.8. The number of carbonyl (C=O) groups excluding carboxylic acids is 3. The first-order valence-electron chi connectivity index (χ1n) is 8.90. The summed E-state index contributed by atoms with van der Waals surface area (Å²) in [5.41, 5.74) is 0. The largest absolute Gasteiger partial charge is 0.464 e. The number of nitrogens with one attached hydrogen (secondary N) is 2. The second-order valence-electron chi connectivity index (χ2n) is 5.64. The van der Waals surface area contributed by atoms with Crippen molar-refractivity contribution in [2.45, 2.75) is 78.3 Å². The fourth-order valence-corrected chi connectivity index (χ4v) is 2.05. The van der Waals surface area contributed by atoms with Crippen LogP contribution in [0.2, 0.25) is 0 Å². The third-order valence-electron chi connectivity index (χ3n) is 3.25. The van der Waals surface area contributed by atoms with Gasteiger partial charge < -0.3 is 20.1 Å². The number of rotatable bonds is 12. The van der Waals surface area contributed by atoms with E-state index in [4.69, 9.17) is 9.47 Å². The van der Waals surface area contributed by atoms with Gasteiger partial charge in [-0.05, 0) is 25.7 Å². The first kappa shape index (κ1) is 22.2. The van der Waals surface area contributed by atoms with Crippen LogP contribution in [0.5, 0.6) is 0 Å². The molecule has 0 aromatic heterocycles. The standard InChI is InChI=1S/C17H32N2O5/c1-5-9-13(19-17(22)24-12-8-4)15(20)18-14(10-6-2)16(21)23-11-7-3/h13-14H,5-12H2,1-4H3,(H,18,20)(H,19,22). The Morgan fingerprint density at radius 2 is 1.29 bits per heavy atom. The Labute approximate surface area is 144 Å². The van der Waals surface area contributed by atoms with Crippen LogP contribution in [0.3, 0.4) is 0 Å². The quantitative estimate of drug-likeness (QED) is 0.531. The van der Waals surface area contributed by atoms with E-state index in [1.807, 2.05) is 27.7 Å². The van der Waals surface area contributed by atoms with Crippen LogP contribution < -0.4 is 10.6 Å². The predicted octanol–water partition coefficient (Wildman–Crippen LogP) is 2.53. The maximum Gasteiger partial charge on any atom is 0.407 e. The molecule has 0 aliphatic heterocycles. The van der Waals surface area contributed by atoms with E-state index in [-0.39, 0.29) is 0 Å². The Balaban J connectivity index is 4.73. The summed E-state index contributed by atoms with van der Waals surface area (Å²) in [6.07, 6.45) is 3.22. The lowest BCUT2D eigenvalue weighted by atomic mass is 10.1. The number of ether oxygens (including phenoxy) is 2. The molecule has 7 nitrogen and oxygen atoms in total. The van der Waals surface area contributed by atoms with Crippen molar-refractivity contribution in [3.05, 3.63) is 0 Å². The van der Waals surface area contributed by atoms with Gasteiger partial charge in [-0.25, -0.2) is 9.59 Å². The van der Waals surface area contributed by atoms with Crippen LogP contribution in [0.4, 0.5) is 4.79 Å². The summed E-state index contributed by atoms with van der Waals surface area (Å²) in [4.78, 5) is 36.1. The van der Waals surface area contributed by atoms with Crippen LogP contribution in [0.1, 0.15) is 66.2 Å². The minimum absolute atomic E-state index is 0.300. The molecule has 0 rings (SSSR count). The Morgan fingerprint density at radius 1 is 0.750 bits per heavy atom. The number of hydrogen-bond acceptors (Lipinski definition) is 5. The Bertz CT molecular complexity index is 387. The molecule has 0 radical (unpaired) electrons. The van der Waals surface area contributed by atoms with Crippen molar-refractivity contribution in [2.75, 3.05) is 13.2 Å². The molecule has 0 spiro atoms. The minimum Gasteiger partial charge on any atom is -0.464 e. The van der Waals surface area contributed by atoms with Crippen LogP contribution in [-0.2, 0) is 19.1 Å². The smallest absolute Gasteiger partial charge is 0.407 e. The van der Waals surface area contributed by atoms with Gasteiger partial charge in [0.25, 0.3) is 0 Å². The summed E-state index contributed by atoms with van der Waals surface area (Å²) in [5.74, 6) is -0.826. The highest BCUT2D eigenvalue weighted by Gasteiger charge is 2.26. The molecule has 0 saturated carbocycles. The fourth-order valence-electron chi connectivity index (χ4n) is 2.05. The molecular weight excluding hydrogens is 312 g/mol. The summed E-state index contributed by atoms with van der Waals surface area (Å²) >= 11 is 0. The second-order valence-corrected chi connectivity index (χ2v) is 5.64. The van der Waals surface area contributed by atoms with Crippen molar-refractivity contribution >= 4 is 18.0 Å². The molecule has 0 aliphatic rings. The molecular formula is C17H32N2O5. The van der Waals surface area contributed by atoms with Crippen LogP contribution in [0.15, 0.2) is 0 Å². The highest BCUT2D eigenvalue weighted by Crippen LogP contribution is 2.04. The molecule has 140 valence electrons. The van der Waals surface area contributed by atoms with Crippen molar-refractivity contribution in [2.24, 2.45) is 0 Å². The summed E-state index contributed by atoms with van der Waals surface area (Å²) in [7, 11) is 0. The third-order valence-corrected chi connectivity index (χ3v) is 3.25. The average molecular weight is 344 g/mol. The number of hydrogen-bond donors (Lipinski definition) is 2. The van der Waals surface area contributed by atoms with E-state index < -0.39 is 30.1 Å². The van der Waals surface area contributed by atoms with E-state index >= 15 is 0 Å². The molecule has 0 aromatic carbocycles. The molecule has 7 heteroatoms. The van der Waals surface area contributed by atoms with Crippen LogP contribution in [0.25, 0.3) is 0 Å². The first-order chi connectivity index (χ1) is 11.5. The third kappa shape index (κ3) is 9.37. The Hall–Kier alpha value is -1.79. The molecule has 0 saturated heterocycles. The Kier molecular flexibility index (Phi) is 12.6. The van der Waals surface area contributed by atoms with Gasteiger partial charge >= 0.3 is 12.1 Å². The molecule has 2 amide bonds. The summed E-state index contributed by atoms with van der Waals surface area (Å²) in [5, 5.41) is 5.25. The lowest BCUT2D eigenvalue weighted by molar-refractivity contribution is -0.148. The monoisotopic (exact) mass is 344 g/mol. The molecule has 2 unspecified atom stereocenters. The maximum atomic E-state index is 12.4. The number of alkyl carbamates (subject to hydrolysis) is 1. The van der Waals surface area contributed by atoms with Gasteiger partial charge in [0.05, 0.1) is 13.2 Å². The molecule has 0 fully saturated rings. The summed E-state index contributed by atoms with van der Waals surface area (Å²) in [6.45, 7) is 8.27. The van der Waals surface area contributed by atoms with Gasteiger partial charge in [-0.3, -0.25) is 4.79 Å². The van der Waals surface area contributed by atoms with Crippen molar-refractivity contribution < 1.29 is 23.9 Å². The first-order valence-corrected chi connectivity index (χ1v) is 8.90. The van der Waals surface area contributed by atoms with E-state index in [1.165, 1.54) is 0 Å². The van der Waals surface area contributed by atoms with Gasteiger partial charge in [0.15, 0.2) is 0 Å². The van der Waals surface area contributed by atoms with E-state index in [2.05, 4.69) is 10.6 Å². The number of carbonyl (C=O) groups is 3. The minimum atomic E-state index is -0.724. The van der Waals surface area contributed by atoms with E-state index in [9.17, 15) is 14.4 Å². The second kappa shape index (κ2) is 13.6. The lowest BCUT2D eigenvalue weighted by Gasteiger charge is -2.22. The SMILES string of the molecule is CCCOC(=O)NC(CCC)C(=O)NC(CCC)C(=O)OCCC. The van der Waals surface area contributed by atoms with E-state index in [0.29, 0.717) is 38.9 Å². The van der Waals surface area contributed by atoms with Gasteiger partial charge in [0.1, 0.15) is 12.1 Å². The maximum absolute atomic E-state index is 12.4. The van der Waals surface area contributed by atoms with Crippen LogP contribution >= 0.6 is 0 Å². The van der Waals surface area contributed by atoms with Gasteiger partial charge in [-0.15, -0.1) is 0 Å². The van der Waals surface area contributed by atoms with Gasteiger partial charge in [-0.1, -0.05) is 40.5 Å². The molecule has 0 bridgehead atoms. The van der Waals surface area contributed by atoms with Crippen LogP contribution in [-0.4, -0.2) is 43.3 Å². The zero-order valence-corrected chi connectivity index (χ0v) is 15.4. The zero-order valence-electron chi connectivity index (χ0n) is 15.4. The average Bonchev–Trinajstić information content (AvgIpc) is 2.56. The highest BCUT2D eigenvalue weighted by atomic mass is 16.5. The Morgan fingerprint density at radius 3 is 1.83 bits per heavy atom. The van der Waals surface area contributed by atoms with Crippen molar-refractivity contribution in [3.8, 4) is 0 Å². The zero-order chi connectivity index (χ0) is 18.4. The topological polar surface area (TPSA) is 93.7 Å². The van der Waals surface area contributed by atoms with Gasteiger partial charge in [0.2, 0.25) is 5.91 Å². The number of esters is 1. The van der Waals surface area contributed by atoms with E-state index in [0.717, 1.165) is 12.8 Å². The molecule has 2 N–H and O–H groups in total. The van der Waals surface area contributed by atoms with Crippen molar-refractivity contribution in [1.82, 2.24) is 10.6 Å². The molecule has 2 atom stereocenters. The van der Waals surface area contributed by atoms with Crippen LogP contribution in [0, 0.1) is 0 Å². The number of amides is 2.